The van der Waals surface area contributed by atoms with E-state index in [2.05, 4.69) is 38.7 Å². The standard InChI is InChI=1S/C12H17BrN2OS/c13-11-4-3-10(17-11)5-7-14-9-2-1-6-15-12(16)8-9/h3-4,9,14H,1-2,5-8H2,(H,15,16). The first kappa shape index (κ1) is 13.1. The monoisotopic (exact) mass is 316 g/mol. The summed E-state index contributed by atoms with van der Waals surface area (Å²) in [6.07, 6.45) is 3.82. The molecule has 0 radical (unpaired) electrons. The molecule has 2 heterocycles. The summed E-state index contributed by atoms with van der Waals surface area (Å²) in [6.45, 7) is 1.78. The summed E-state index contributed by atoms with van der Waals surface area (Å²) in [5.41, 5.74) is 0. The number of hydrogen-bond donors (Lipinski definition) is 2. The summed E-state index contributed by atoms with van der Waals surface area (Å²) < 4.78 is 1.18. The van der Waals surface area contributed by atoms with E-state index in [4.69, 9.17) is 0 Å². The van der Waals surface area contributed by atoms with Gasteiger partial charge in [-0.15, -0.1) is 11.3 Å². The Labute approximate surface area is 114 Å². The first-order chi connectivity index (χ1) is 8.24. The van der Waals surface area contributed by atoms with Gasteiger partial charge >= 0.3 is 0 Å². The molecule has 0 aromatic carbocycles. The van der Waals surface area contributed by atoms with Gasteiger partial charge < -0.3 is 10.6 Å². The Hall–Kier alpha value is -0.390. The van der Waals surface area contributed by atoms with Crippen LogP contribution < -0.4 is 10.6 Å². The van der Waals surface area contributed by atoms with Crippen LogP contribution in [0.25, 0.3) is 0 Å². The van der Waals surface area contributed by atoms with Crippen molar-refractivity contribution in [3.63, 3.8) is 0 Å². The van der Waals surface area contributed by atoms with Crippen LogP contribution in [0.15, 0.2) is 15.9 Å². The molecule has 0 saturated carbocycles. The summed E-state index contributed by atoms with van der Waals surface area (Å²) in [6, 6.07) is 4.58. The topological polar surface area (TPSA) is 41.1 Å². The van der Waals surface area contributed by atoms with E-state index in [-0.39, 0.29) is 5.91 Å². The maximum absolute atomic E-state index is 11.4. The average Bonchev–Trinajstić information content (AvgIpc) is 2.58. The van der Waals surface area contributed by atoms with E-state index in [0.29, 0.717) is 12.5 Å². The SMILES string of the molecule is O=C1CC(NCCc2ccc(Br)s2)CCCN1. The predicted molar refractivity (Wildman–Crippen MR) is 74.4 cm³/mol. The minimum absolute atomic E-state index is 0.180. The molecule has 17 heavy (non-hydrogen) atoms. The number of rotatable bonds is 4. The Balaban J connectivity index is 1.72. The first-order valence-corrected chi connectivity index (χ1v) is 7.59. The van der Waals surface area contributed by atoms with E-state index in [1.165, 1.54) is 8.66 Å². The van der Waals surface area contributed by atoms with Crippen molar-refractivity contribution in [2.24, 2.45) is 0 Å². The van der Waals surface area contributed by atoms with Crippen LogP contribution in [0.4, 0.5) is 0 Å². The van der Waals surface area contributed by atoms with Gasteiger partial charge in [0.1, 0.15) is 0 Å². The zero-order valence-corrected chi connectivity index (χ0v) is 12.1. The van der Waals surface area contributed by atoms with Gasteiger partial charge in [-0.2, -0.15) is 0 Å². The molecular formula is C12H17BrN2OS. The van der Waals surface area contributed by atoms with Gasteiger partial charge in [-0.3, -0.25) is 4.79 Å². The fourth-order valence-electron chi connectivity index (χ4n) is 2.03. The zero-order chi connectivity index (χ0) is 12.1. The normalized spacial score (nSPS) is 21.0. The smallest absolute Gasteiger partial charge is 0.221 e. The largest absolute Gasteiger partial charge is 0.356 e. The molecule has 1 atom stereocenters. The molecule has 2 rings (SSSR count). The molecule has 0 spiro atoms. The third-order valence-corrected chi connectivity index (χ3v) is 4.60. The summed E-state index contributed by atoms with van der Waals surface area (Å²) in [4.78, 5) is 12.8. The van der Waals surface area contributed by atoms with E-state index in [9.17, 15) is 4.79 Å². The molecule has 0 aliphatic carbocycles. The lowest BCUT2D eigenvalue weighted by atomic mass is 10.1. The molecule has 94 valence electrons. The number of amides is 1. The lowest BCUT2D eigenvalue weighted by molar-refractivity contribution is -0.121. The molecule has 3 nitrogen and oxygen atoms in total. The van der Waals surface area contributed by atoms with Crippen LogP contribution in [-0.4, -0.2) is 25.0 Å². The van der Waals surface area contributed by atoms with Gasteiger partial charge in [-0.05, 0) is 47.3 Å². The van der Waals surface area contributed by atoms with Gasteiger partial charge in [0.05, 0.1) is 3.79 Å². The van der Waals surface area contributed by atoms with Crippen molar-refractivity contribution in [1.82, 2.24) is 10.6 Å². The number of thiophene rings is 1. The van der Waals surface area contributed by atoms with Gasteiger partial charge in [0.2, 0.25) is 5.91 Å². The molecule has 1 aromatic heterocycles. The molecule has 5 heteroatoms. The second kappa shape index (κ2) is 6.52. The van der Waals surface area contributed by atoms with Crippen LogP contribution in [0.3, 0.4) is 0 Å². The van der Waals surface area contributed by atoms with Crippen LogP contribution in [0.2, 0.25) is 0 Å². The molecule has 2 N–H and O–H groups in total. The van der Waals surface area contributed by atoms with Crippen molar-refractivity contribution < 1.29 is 4.79 Å². The Kier molecular flexibility index (Phi) is 5.00. The van der Waals surface area contributed by atoms with E-state index in [1.807, 2.05) is 0 Å². The second-order valence-electron chi connectivity index (χ2n) is 4.30. The Morgan fingerprint density at radius 1 is 1.53 bits per heavy atom. The molecule has 1 aliphatic rings. The Bertz CT molecular complexity index is 380. The highest BCUT2D eigenvalue weighted by Crippen LogP contribution is 2.22. The van der Waals surface area contributed by atoms with Crippen LogP contribution in [0.1, 0.15) is 24.1 Å². The quantitative estimate of drug-likeness (QED) is 0.895. The molecule has 1 aliphatic heterocycles. The minimum atomic E-state index is 0.180. The molecule has 0 bridgehead atoms. The average molecular weight is 317 g/mol. The van der Waals surface area contributed by atoms with Crippen LogP contribution >= 0.6 is 27.3 Å². The molecule has 1 amide bonds. The van der Waals surface area contributed by atoms with Crippen molar-refractivity contribution in [3.8, 4) is 0 Å². The lowest BCUT2D eigenvalue weighted by Gasteiger charge is -2.14. The highest BCUT2D eigenvalue weighted by Gasteiger charge is 2.16. The molecule has 1 fully saturated rings. The summed E-state index contributed by atoms with van der Waals surface area (Å²) in [5, 5.41) is 6.38. The van der Waals surface area contributed by atoms with Crippen LogP contribution in [0.5, 0.6) is 0 Å². The first-order valence-electron chi connectivity index (χ1n) is 5.98. The number of halogens is 1. The van der Waals surface area contributed by atoms with Crippen molar-refractivity contribution >= 4 is 33.2 Å². The summed E-state index contributed by atoms with van der Waals surface area (Å²) in [7, 11) is 0. The second-order valence-corrected chi connectivity index (χ2v) is 6.85. The van der Waals surface area contributed by atoms with E-state index < -0.39 is 0 Å². The molecule has 1 saturated heterocycles. The highest BCUT2D eigenvalue weighted by atomic mass is 79.9. The third kappa shape index (κ3) is 4.41. The maximum atomic E-state index is 11.4. The van der Waals surface area contributed by atoms with E-state index >= 15 is 0 Å². The van der Waals surface area contributed by atoms with Crippen molar-refractivity contribution in [2.45, 2.75) is 31.7 Å². The fourth-order valence-corrected chi connectivity index (χ4v) is 3.52. The van der Waals surface area contributed by atoms with E-state index in [0.717, 1.165) is 32.4 Å². The van der Waals surface area contributed by atoms with Crippen molar-refractivity contribution in [1.29, 1.82) is 0 Å². The van der Waals surface area contributed by atoms with Gasteiger partial charge in [0, 0.05) is 30.4 Å². The molecule has 1 aromatic rings. The Morgan fingerprint density at radius 2 is 2.41 bits per heavy atom. The number of carbonyl (C=O) groups is 1. The van der Waals surface area contributed by atoms with Gasteiger partial charge in [-0.1, -0.05) is 0 Å². The number of nitrogens with one attached hydrogen (secondary N) is 2. The van der Waals surface area contributed by atoms with Crippen LogP contribution in [0, 0.1) is 0 Å². The molecular weight excluding hydrogens is 300 g/mol. The molecule has 1 unspecified atom stereocenters. The number of hydrogen-bond acceptors (Lipinski definition) is 3. The predicted octanol–water partition coefficient (Wildman–Crippen LogP) is 2.31. The summed E-state index contributed by atoms with van der Waals surface area (Å²) in [5.74, 6) is 0.180. The van der Waals surface area contributed by atoms with E-state index in [1.54, 1.807) is 11.3 Å². The maximum Gasteiger partial charge on any atom is 0.221 e. The van der Waals surface area contributed by atoms with Gasteiger partial charge in [-0.25, -0.2) is 0 Å². The summed E-state index contributed by atoms with van der Waals surface area (Å²) >= 11 is 5.24. The Morgan fingerprint density at radius 3 is 3.18 bits per heavy atom. The van der Waals surface area contributed by atoms with Gasteiger partial charge in [0.25, 0.3) is 0 Å². The van der Waals surface area contributed by atoms with Gasteiger partial charge in [0.15, 0.2) is 0 Å². The minimum Gasteiger partial charge on any atom is -0.356 e. The fraction of sp³-hybridized carbons (Fsp3) is 0.583. The zero-order valence-electron chi connectivity index (χ0n) is 9.67. The number of carbonyl (C=O) groups excluding carboxylic acids is 1. The van der Waals surface area contributed by atoms with Crippen molar-refractivity contribution in [3.05, 3.63) is 20.8 Å². The van der Waals surface area contributed by atoms with Crippen LogP contribution in [-0.2, 0) is 11.2 Å². The lowest BCUT2D eigenvalue weighted by Crippen LogP contribution is -2.33. The van der Waals surface area contributed by atoms with Crippen molar-refractivity contribution in [2.75, 3.05) is 13.1 Å². The third-order valence-electron chi connectivity index (χ3n) is 2.92. The highest BCUT2D eigenvalue weighted by molar-refractivity contribution is 9.11.